The molecule has 0 aliphatic carbocycles. The summed E-state index contributed by atoms with van der Waals surface area (Å²) in [5.41, 5.74) is 3.91. The van der Waals surface area contributed by atoms with E-state index in [0.717, 1.165) is 31.9 Å². The average molecular weight is 349 g/mol. The van der Waals surface area contributed by atoms with Crippen molar-refractivity contribution in [3.8, 4) is 6.07 Å². The first-order chi connectivity index (χ1) is 12.6. The molecule has 0 saturated carbocycles. The number of nitrogens with zero attached hydrogens (tertiary/aromatic N) is 2. The summed E-state index contributed by atoms with van der Waals surface area (Å²) >= 11 is 0. The van der Waals surface area contributed by atoms with Gasteiger partial charge in [-0.1, -0.05) is 18.2 Å². The summed E-state index contributed by atoms with van der Waals surface area (Å²) in [6.45, 7) is 7.91. The van der Waals surface area contributed by atoms with Crippen LogP contribution in [-0.2, 0) is 4.79 Å². The summed E-state index contributed by atoms with van der Waals surface area (Å²) in [5.74, 6) is 0.0223. The highest BCUT2D eigenvalue weighted by Gasteiger charge is 2.29. The Bertz CT molecular complexity index is 802. The first-order valence-electron chi connectivity index (χ1n) is 9.04. The Morgan fingerprint density at radius 3 is 2.42 bits per heavy atom. The van der Waals surface area contributed by atoms with E-state index in [0.29, 0.717) is 5.56 Å². The van der Waals surface area contributed by atoms with Crippen LogP contribution in [0, 0.1) is 18.3 Å². The molecule has 0 bridgehead atoms. The van der Waals surface area contributed by atoms with Gasteiger partial charge in [0.15, 0.2) is 6.04 Å². The second kappa shape index (κ2) is 8.03. The number of amides is 1. The zero-order valence-electron chi connectivity index (χ0n) is 15.3. The first-order valence-corrected chi connectivity index (χ1v) is 9.04. The number of piperazine rings is 1. The fourth-order valence-electron chi connectivity index (χ4n) is 3.45. The number of aryl methyl sites for hydroxylation is 1. The van der Waals surface area contributed by atoms with Gasteiger partial charge in [0, 0.05) is 11.4 Å². The van der Waals surface area contributed by atoms with Gasteiger partial charge in [-0.25, -0.2) is 0 Å². The van der Waals surface area contributed by atoms with E-state index in [-0.39, 0.29) is 11.9 Å². The number of quaternary nitrogens is 1. The summed E-state index contributed by atoms with van der Waals surface area (Å²) in [4.78, 5) is 16.3. The van der Waals surface area contributed by atoms with Gasteiger partial charge in [0.05, 0.1) is 37.8 Å². The molecule has 0 unspecified atom stereocenters. The highest BCUT2D eigenvalue weighted by Crippen LogP contribution is 2.19. The van der Waals surface area contributed by atoms with Crippen molar-refractivity contribution in [3.63, 3.8) is 0 Å². The molecule has 2 N–H and O–H groups in total. The van der Waals surface area contributed by atoms with Crippen LogP contribution in [0.2, 0.25) is 0 Å². The van der Waals surface area contributed by atoms with Gasteiger partial charge in [0.1, 0.15) is 0 Å². The summed E-state index contributed by atoms with van der Waals surface area (Å²) in [5, 5.41) is 11.8. The molecule has 0 aromatic heterocycles. The maximum Gasteiger partial charge on any atom is 0.282 e. The summed E-state index contributed by atoms with van der Waals surface area (Å²) in [6.07, 6.45) is 0. The fourth-order valence-corrected chi connectivity index (χ4v) is 3.45. The summed E-state index contributed by atoms with van der Waals surface area (Å²) in [7, 11) is 0. The van der Waals surface area contributed by atoms with E-state index in [4.69, 9.17) is 5.26 Å². The molecule has 1 atom stereocenters. The Morgan fingerprint density at radius 1 is 1.15 bits per heavy atom. The Labute approximate surface area is 154 Å². The van der Waals surface area contributed by atoms with Crippen molar-refractivity contribution in [1.29, 1.82) is 5.26 Å². The number of hydrogen-bond donors (Lipinski definition) is 2. The number of nitrogens with one attached hydrogen (secondary N) is 2. The number of rotatable bonds is 4. The molecule has 0 spiro atoms. The fraction of sp³-hybridized carbons (Fsp3) is 0.333. The molecule has 26 heavy (non-hydrogen) atoms. The van der Waals surface area contributed by atoms with E-state index in [1.807, 2.05) is 6.92 Å². The minimum atomic E-state index is -0.107. The zero-order chi connectivity index (χ0) is 18.5. The third kappa shape index (κ3) is 4.04. The largest absolute Gasteiger partial charge is 0.360 e. The van der Waals surface area contributed by atoms with Crippen LogP contribution < -0.4 is 15.1 Å². The predicted octanol–water partition coefficient (Wildman–Crippen LogP) is 1.60. The minimum absolute atomic E-state index is 0.0223. The van der Waals surface area contributed by atoms with Crippen LogP contribution in [0.15, 0.2) is 48.5 Å². The molecule has 2 aromatic carbocycles. The number of carbonyl (C=O) groups is 1. The van der Waals surface area contributed by atoms with Gasteiger partial charge >= 0.3 is 0 Å². The number of para-hydroxylation sites is 1. The highest BCUT2D eigenvalue weighted by molar-refractivity contribution is 5.93. The Balaban J connectivity index is 1.55. The van der Waals surface area contributed by atoms with Gasteiger partial charge in [0.25, 0.3) is 5.91 Å². The van der Waals surface area contributed by atoms with Crippen molar-refractivity contribution in [3.05, 3.63) is 59.7 Å². The van der Waals surface area contributed by atoms with E-state index < -0.39 is 0 Å². The van der Waals surface area contributed by atoms with Crippen molar-refractivity contribution in [2.24, 2.45) is 0 Å². The summed E-state index contributed by atoms with van der Waals surface area (Å²) in [6, 6.07) is 17.4. The van der Waals surface area contributed by atoms with Crippen molar-refractivity contribution in [2.45, 2.75) is 19.9 Å². The van der Waals surface area contributed by atoms with Crippen LogP contribution in [0.4, 0.5) is 11.4 Å². The maximum atomic E-state index is 12.6. The molecule has 0 radical (unpaired) electrons. The van der Waals surface area contributed by atoms with Crippen molar-refractivity contribution >= 4 is 17.3 Å². The number of carbonyl (C=O) groups excluding carboxylic acids is 1. The van der Waals surface area contributed by atoms with Crippen molar-refractivity contribution in [2.75, 3.05) is 36.4 Å². The second-order valence-corrected chi connectivity index (χ2v) is 6.83. The van der Waals surface area contributed by atoms with Crippen LogP contribution in [0.25, 0.3) is 0 Å². The van der Waals surface area contributed by atoms with E-state index >= 15 is 0 Å². The van der Waals surface area contributed by atoms with Crippen LogP contribution >= 0.6 is 0 Å². The lowest BCUT2D eigenvalue weighted by Crippen LogP contribution is -3.19. The number of hydrogen-bond acceptors (Lipinski definition) is 3. The Hall–Kier alpha value is -2.84. The second-order valence-electron chi connectivity index (χ2n) is 6.83. The van der Waals surface area contributed by atoms with Crippen LogP contribution in [0.1, 0.15) is 18.1 Å². The van der Waals surface area contributed by atoms with Gasteiger partial charge < -0.3 is 15.1 Å². The van der Waals surface area contributed by atoms with E-state index in [9.17, 15) is 4.79 Å². The highest BCUT2D eigenvalue weighted by atomic mass is 16.2. The maximum absolute atomic E-state index is 12.6. The van der Waals surface area contributed by atoms with Gasteiger partial charge in [-0.2, -0.15) is 5.26 Å². The molecular formula is C21H25N4O+. The molecule has 3 rings (SSSR count). The molecule has 2 aromatic rings. The molecule has 5 heteroatoms. The van der Waals surface area contributed by atoms with E-state index in [1.54, 1.807) is 24.3 Å². The predicted molar refractivity (Wildman–Crippen MR) is 103 cm³/mol. The Morgan fingerprint density at radius 2 is 1.81 bits per heavy atom. The molecular weight excluding hydrogens is 324 g/mol. The monoisotopic (exact) mass is 349 g/mol. The number of benzene rings is 2. The quantitative estimate of drug-likeness (QED) is 0.881. The molecule has 134 valence electrons. The summed E-state index contributed by atoms with van der Waals surface area (Å²) < 4.78 is 0. The lowest BCUT2D eigenvalue weighted by molar-refractivity contribution is -0.914. The smallest absolute Gasteiger partial charge is 0.282 e. The standard InChI is InChI=1S/C21H24N4O/c1-16-5-3-4-6-20(16)25-13-11-24(12-14-25)17(2)21(26)23-19-9-7-18(15-22)8-10-19/h3-10,17H,11-14H2,1-2H3,(H,23,26)/p+1/t17-/m1/s1. The van der Waals surface area contributed by atoms with Crippen LogP contribution in [-0.4, -0.2) is 38.1 Å². The molecule has 1 saturated heterocycles. The van der Waals surface area contributed by atoms with Gasteiger partial charge in [-0.05, 0) is 49.7 Å². The third-order valence-corrected chi connectivity index (χ3v) is 5.15. The van der Waals surface area contributed by atoms with E-state index in [2.05, 4.69) is 47.5 Å². The number of nitriles is 1. The normalized spacial score (nSPS) is 16.0. The van der Waals surface area contributed by atoms with Gasteiger partial charge in [-0.3, -0.25) is 4.79 Å². The molecule has 1 aliphatic heterocycles. The molecule has 1 amide bonds. The van der Waals surface area contributed by atoms with Crippen LogP contribution in [0.5, 0.6) is 0 Å². The SMILES string of the molecule is Cc1ccccc1N1CC[NH+]([C@H](C)C(=O)Nc2ccc(C#N)cc2)CC1. The molecule has 1 heterocycles. The first kappa shape index (κ1) is 18.0. The molecule has 1 fully saturated rings. The molecule has 5 nitrogen and oxygen atoms in total. The minimum Gasteiger partial charge on any atom is -0.360 e. The van der Waals surface area contributed by atoms with Gasteiger partial charge in [-0.15, -0.1) is 0 Å². The lowest BCUT2D eigenvalue weighted by Gasteiger charge is -2.36. The Kier molecular flexibility index (Phi) is 5.55. The molecule has 1 aliphatic rings. The van der Waals surface area contributed by atoms with Crippen LogP contribution in [0.3, 0.4) is 0 Å². The topological polar surface area (TPSA) is 60.6 Å². The van der Waals surface area contributed by atoms with Crippen molar-refractivity contribution in [1.82, 2.24) is 0 Å². The zero-order valence-corrected chi connectivity index (χ0v) is 15.3. The van der Waals surface area contributed by atoms with E-state index in [1.165, 1.54) is 16.2 Å². The average Bonchev–Trinajstić information content (AvgIpc) is 2.68. The lowest BCUT2D eigenvalue weighted by atomic mass is 10.1. The number of anilines is 2. The van der Waals surface area contributed by atoms with Crippen molar-refractivity contribution < 1.29 is 9.69 Å². The third-order valence-electron chi connectivity index (χ3n) is 5.15. The van der Waals surface area contributed by atoms with Gasteiger partial charge in [0.2, 0.25) is 0 Å².